The van der Waals surface area contributed by atoms with Gasteiger partial charge in [-0.05, 0) is 56.1 Å². The molecule has 1 amide bonds. The Hall–Kier alpha value is -3.66. The van der Waals surface area contributed by atoms with E-state index in [-0.39, 0.29) is 11.8 Å². The summed E-state index contributed by atoms with van der Waals surface area (Å²) in [5.41, 5.74) is 4.40. The maximum atomic E-state index is 12.5. The summed E-state index contributed by atoms with van der Waals surface area (Å²) in [6, 6.07) is 3.95. The number of rotatable bonds is 9. The number of nitrogens with one attached hydrogen (secondary N) is 3. The van der Waals surface area contributed by atoms with Crippen molar-refractivity contribution in [3.8, 4) is 6.07 Å². The van der Waals surface area contributed by atoms with Gasteiger partial charge in [0.2, 0.25) is 0 Å². The van der Waals surface area contributed by atoms with Crippen molar-refractivity contribution < 1.29 is 4.79 Å². The Morgan fingerprint density at radius 2 is 2.03 bits per heavy atom. The first-order chi connectivity index (χ1) is 14.7. The average Bonchev–Trinajstić information content (AvgIpc) is 3.59. The molecule has 0 bridgehead atoms. The highest BCUT2D eigenvalue weighted by molar-refractivity contribution is 6.04. The number of anilines is 1. The van der Waals surface area contributed by atoms with Crippen LogP contribution in [0.3, 0.4) is 0 Å². The fourth-order valence-corrected chi connectivity index (χ4v) is 2.85. The number of allylic oxidation sites excluding steroid dienone is 6. The molecule has 1 heterocycles. The normalized spacial score (nSPS) is 14.5. The second-order valence-electron chi connectivity index (χ2n) is 7.77. The summed E-state index contributed by atoms with van der Waals surface area (Å²) in [5.74, 6) is 0.614. The van der Waals surface area contributed by atoms with E-state index in [1.54, 1.807) is 43.3 Å². The van der Waals surface area contributed by atoms with E-state index in [1.807, 2.05) is 27.1 Å². The molecule has 1 aliphatic rings. The van der Waals surface area contributed by atoms with Gasteiger partial charge in [0, 0.05) is 50.2 Å². The van der Waals surface area contributed by atoms with Crippen LogP contribution in [-0.4, -0.2) is 37.7 Å². The minimum Gasteiger partial charge on any atom is -0.384 e. The summed E-state index contributed by atoms with van der Waals surface area (Å²) in [5, 5.41) is 23.1. The highest BCUT2D eigenvalue weighted by Gasteiger charge is 2.25. The third kappa shape index (κ3) is 6.41. The fourth-order valence-electron chi connectivity index (χ4n) is 2.85. The van der Waals surface area contributed by atoms with Gasteiger partial charge in [-0.25, -0.2) is 4.98 Å². The highest BCUT2D eigenvalue weighted by atomic mass is 16.2. The molecule has 0 spiro atoms. The molecule has 1 saturated carbocycles. The van der Waals surface area contributed by atoms with Gasteiger partial charge in [0.1, 0.15) is 17.6 Å². The Morgan fingerprint density at radius 1 is 1.35 bits per heavy atom. The van der Waals surface area contributed by atoms with Crippen LogP contribution in [0.5, 0.6) is 0 Å². The molecule has 0 atom stereocenters. The van der Waals surface area contributed by atoms with E-state index >= 15 is 0 Å². The number of amides is 1. The lowest BCUT2D eigenvalue weighted by Gasteiger charge is -2.14. The van der Waals surface area contributed by atoms with Gasteiger partial charge in [0.05, 0.1) is 5.56 Å². The fraction of sp³-hybridized carbons (Fsp3) is 0.333. The second-order valence-corrected chi connectivity index (χ2v) is 7.77. The zero-order valence-corrected chi connectivity index (χ0v) is 18.8. The molecule has 0 unspecified atom stereocenters. The summed E-state index contributed by atoms with van der Waals surface area (Å²) in [6.45, 7) is 7.83. The van der Waals surface area contributed by atoms with Crippen molar-refractivity contribution in [2.45, 2.75) is 26.7 Å². The van der Waals surface area contributed by atoms with Crippen molar-refractivity contribution in [2.24, 2.45) is 5.92 Å². The number of likely N-dealkylation sites (N-methyl/N-ethyl adjacent to an activating group) is 1. The molecule has 0 saturated heterocycles. The van der Waals surface area contributed by atoms with Crippen molar-refractivity contribution in [3.05, 3.63) is 65.2 Å². The van der Waals surface area contributed by atoms with Crippen molar-refractivity contribution in [2.75, 3.05) is 26.0 Å². The first kappa shape index (κ1) is 23.6. The van der Waals surface area contributed by atoms with Crippen molar-refractivity contribution in [3.63, 3.8) is 0 Å². The quantitative estimate of drug-likeness (QED) is 0.323. The van der Waals surface area contributed by atoms with Crippen LogP contribution in [-0.2, 0) is 4.79 Å². The van der Waals surface area contributed by atoms with Gasteiger partial charge >= 0.3 is 0 Å². The van der Waals surface area contributed by atoms with Crippen LogP contribution in [0, 0.1) is 22.7 Å². The van der Waals surface area contributed by atoms with Crippen LogP contribution >= 0.6 is 0 Å². The number of carbonyl (C=O) groups is 1. The summed E-state index contributed by atoms with van der Waals surface area (Å²) in [4.78, 5) is 18.6. The van der Waals surface area contributed by atoms with Crippen LogP contribution in [0.1, 0.15) is 37.8 Å². The predicted molar refractivity (Wildman–Crippen MR) is 126 cm³/mol. The predicted octanol–water partition coefficient (Wildman–Crippen LogP) is 3.53. The van der Waals surface area contributed by atoms with Crippen LogP contribution in [0.25, 0.3) is 5.57 Å². The summed E-state index contributed by atoms with van der Waals surface area (Å²) in [6.07, 6.45) is 8.99. The average molecular weight is 419 g/mol. The molecule has 1 aromatic heterocycles. The zero-order valence-electron chi connectivity index (χ0n) is 18.8. The van der Waals surface area contributed by atoms with Crippen molar-refractivity contribution >= 4 is 23.0 Å². The first-order valence-corrected chi connectivity index (χ1v) is 10.1. The largest absolute Gasteiger partial charge is 0.384 e. The third-order valence-electron chi connectivity index (χ3n) is 4.96. The van der Waals surface area contributed by atoms with E-state index in [4.69, 9.17) is 5.41 Å². The summed E-state index contributed by atoms with van der Waals surface area (Å²) in [7, 11) is 5.35. The Balaban J connectivity index is 2.10. The molecule has 162 valence electrons. The Labute approximate surface area is 184 Å². The molecule has 1 aliphatic carbocycles. The summed E-state index contributed by atoms with van der Waals surface area (Å²) >= 11 is 0. The SMILES string of the molecule is C=C(/C(C)=C\C=C(/C)NC(=O)/C(=C/C(=N)C1CC1)NC)c1cnc(N(C)C)c(C#N)c1. The van der Waals surface area contributed by atoms with Gasteiger partial charge in [-0.2, -0.15) is 5.26 Å². The highest BCUT2D eigenvalue weighted by Crippen LogP contribution is 2.30. The molecule has 0 aromatic carbocycles. The molecular formula is C24H30N6O. The van der Waals surface area contributed by atoms with E-state index in [1.165, 1.54) is 0 Å². The van der Waals surface area contributed by atoms with Gasteiger partial charge in [-0.15, -0.1) is 0 Å². The number of hydrogen-bond acceptors (Lipinski definition) is 6. The molecule has 0 aliphatic heterocycles. The zero-order chi connectivity index (χ0) is 23.1. The van der Waals surface area contributed by atoms with Gasteiger partial charge in [0.25, 0.3) is 5.91 Å². The Bertz CT molecular complexity index is 1020. The minimum atomic E-state index is -0.284. The topological polar surface area (TPSA) is 105 Å². The maximum absolute atomic E-state index is 12.5. The van der Waals surface area contributed by atoms with Crippen molar-refractivity contribution in [1.82, 2.24) is 15.6 Å². The molecule has 3 N–H and O–H groups in total. The van der Waals surface area contributed by atoms with Crippen LogP contribution in [0.2, 0.25) is 0 Å². The molecule has 1 aromatic rings. The molecule has 1 fully saturated rings. The number of hydrogen-bond donors (Lipinski definition) is 3. The number of carbonyl (C=O) groups excluding carboxylic acids is 1. The smallest absolute Gasteiger partial charge is 0.271 e. The Kier molecular flexibility index (Phi) is 7.92. The van der Waals surface area contributed by atoms with Crippen LogP contribution in [0.4, 0.5) is 5.82 Å². The lowest BCUT2D eigenvalue weighted by Crippen LogP contribution is -2.29. The van der Waals surface area contributed by atoms with Crippen LogP contribution < -0.4 is 15.5 Å². The molecular weight excluding hydrogens is 388 g/mol. The monoisotopic (exact) mass is 418 g/mol. The minimum absolute atomic E-state index is 0.284. The third-order valence-corrected chi connectivity index (χ3v) is 4.96. The number of pyridine rings is 1. The van der Waals surface area contributed by atoms with E-state index < -0.39 is 0 Å². The van der Waals surface area contributed by atoms with E-state index in [9.17, 15) is 10.1 Å². The number of aromatic nitrogens is 1. The molecule has 7 nitrogen and oxygen atoms in total. The molecule has 31 heavy (non-hydrogen) atoms. The molecule has 0 radical (unpaired) electrons. The number of nitriles is 1. The standard InChI is InChI=1S/C24H30N6O/c1-15(17(3)20-11-19(13-25)23(28-14-20)30(5)6)7-8-16(2)29-24(31)22(27-4)12-21(26)18-9-10-18/h7-8,11-12,14,18,26-27H,3,9-10H2,1-2,4-6H3,(H,29,31)/b15-7-,16-8+,22-12-,26-21?. The summed E-state index contributed by atoms with van der Waals surface area (Å²) < 4.78 is 0. The van der Waals surface area contributed by atoms with Crippen molar-refractivity contribution in [1.29, 1.82) is 10.7 Å². The Morgan fingerprint density at radius 3 is 2.58 bits per heavy atom. The van der Waals surface area contributed by atoms with E-state index in [2.05, 4.69) is 28.3 Å². The molecule has 2 rings (SSSR count). The van der Waals surface area contributed by atoms with E-state index in [0.717, 1.165) is 29.6 Å². The van der Waals surface area contributed by atoms with Gasteiger partial charge < -0.3 is 20.9 Å². The lowest BCUT2D eigenvalue weighted by molar-refractivity contribution is -0.117. The van der Waals surface area contributed by atoms with E-state index in [0.29, 0.717) is 28.5 Å². The first-order valence-electron chi connectivity index (χ1n) is 10.1. The second kappa shape index (κ2) is 10.4. The number of nitrogens with zero attached hydrogens (tertiary/aromatic N) is 3. The van der Waals surface area contributed by atoms with Gasteiger partial charge in [-0.3, -0.25) is 4.79 Å². The lowest BCUT2D eigenvalue weighted by atomic mass is 10.0. The van der Waals surface area contributed by atoms with Gasteiger partial charge in [0.15, 0.2) is 0 Å². The van der Waals surface area contributed by atoms with Gasteiger partial charge in [-0.1, -0.05) is 12.7 Å². The maximum Gasteiger partial charge on any atom is 0.271 e. The molecule has 7 heteroatoms. The van der Waals surface area contributed by atoms with Crippen LogP contribution in [0.15, 0.2) is 54.0 Å².